The van der Waals surface area contributed by atoms with Crippen molar-refractivity contribution in [2.24, 2.45) is 0 Å². The van der Waals surface area contributed by atoms with Crippen molar-refractivity contribution < 1.29 is 14.3 Å². The first kappa shape index (κ1) is 20.1. The average molecular weight is 422 g/mol. The summed E-state index contributed by atoms with van der Waals surface area (Å²) in [6.45, 7) is 0.739. The van der Waals surface area contributed by atoms with Gasteiger partial charge in [0.05, 0.1) is 25.3 Å². The zero-order valence-electron chi connectivity index (χ0n) is 16.7. The third-order valence-corrected chi connectivity index (χ3v) is 6.00. The van der Waals surface area contributed by atoms with Crippen LogP contribution in [0.1, 0.15) is 40.5 Å². The van der Waals surface area contributed by atoms with Gasteiger partial charge in [-0.15, -0.1) is 11.3 Å². The molecule has 4 rings (SSSR count). The monoisotopic (exact) mass is 421 g/mol. The van der Waals surface area contributed by atoms with E-state index < -0.39 is 0 Å². The van der Waals surface area contributed by atoms with Gasteiger partial charge in [-0.05, 0) is 42.7 Å². The minimum atomic E-state index is -0.208. The summed E-state index contributed by atoms with van der Waals surface area (Å²) in [6, 6.07) is 17.0. The highest BCUT2D eigenvalue weighted by Gasteiger charge is 2.30. The van der Waals surface area contributed by atoms with Gasteiger partial charge in [0, 0.05) is 17.5 Å². The van der Waals surface area contributed by atoms with Gasteiger partial charge in [0.1, 0.15) is 5.75 Å². The van der Waals surface area contributed by atoms with Gasteiger partial charge in [0.25, 0.3) is 5.91 Å². The third kappa shape index (κ3) is 4.52. The van der Waals surface area contributed by atoms with Crippen LogP contribution < -0.4 is 10.1 Å². The van der Waals surface area contributed by atoms with Gasteiger partial charge < -0.3 is 9.64 Å². The smallest absolute Gasteiger partial charge is 0.257 e. The van der Waals surface area contributed by atoms with E-state index in [1.54, 1.807) is 19.2 Å². The fourth-order valence-corrected chi connectivity index (χ4v) is 4.43. The molecule has 1 unspecified atom stereocenters. The largest absolute Gasteiger partial charge is 0.497 e. The second kappa shape index (κ2) is 9.09. The Kier molecular flexibility index (Phi) is 6.09. The Bertz CT molecular complexity index is 1030. The fraction of sp³-hybridized carbons (Fsp3) is 0.261. The van der Waals surface area contributed by atoms with Crippen LogP contribution in [0, 0.1) is 0 Å². The van der Waals surface area contributed by atoms with E-state index in [0.717, 1.165) is 30.7 Å². The highest BCUT2D eigenvalue weighted by Crippen LogP contribution is 2.34. The van der Waals surface area contributed by atoms with E-state index in [2.05, 4.69) is 10.3 Å². The molecule has 1 aliphatic rings. The molecular formula is C23H23N3O3S. The first-order valence-electron chi connectivity index (χ1n) is 9.88. The number of ether oxygens (including phenoxy) is 1. The Morgan fingerprint density at radius 2 is 2.03 bits per heavy atom. The van der Waals surface area contributed by atoms with Crippen molar-refractivity contribution in [3.8, 4) is 5.75 Å². The second-order valence-corrected chi connectivity index (χ2v) is 8.02. The molecule has 0 saturated carbocycles. The third-order valence-electron chi connectivity index (χ3n) is 5.19. The zero-order chi connectivity index (χ0) is 20.9. The van der Waals surface area contributed by atoms with E-state index in [1.807, 2.05) is 52.7 Å². The quantitative estimate of drug-likeness (QED) is 0.644. The molecule has 1 saturated heterocycles. The van der Waals surface area contributed by atoms with E-state index in [1.165, 1.54) is 11.3 Å². The maximum atomic E-state index is 13.0. The standard InChI is InChI=1S/C23H23N3O3S/c1-29-19-10-5-9-17(13-19)20-11-6-12-26(20)21(27)14-18-15-30-23(24-18)25-22(28)16-7-3-2-4-8-16/h2-5,7-10,13,15,20H,6,11-12,14H2,1H3,(H,24,25,28). The van der Waals surface area contributed by atoms with Gasteiger partial charge in [-0.3, -0.25) is 14.9 Å². The van der Waals surface area contributed by atoms with E-state index >= 15 is 0 Å². The lowest BCUT2D eigenvalue weighted by Crippen LogP contribution is -2.31. The van der Waals surface area contributed by atoms with Crippen LogP contribution in [0.3, 0.4) is 0 Å². The molecule has 1 fully saturated rings. The molecule has 1 N–H and O–H groups in total. The molecule has 1 aromatic heterocycles. The minimum Gasteiger partial charge on any atom is -0.497 e. The lowest BCUT2D eigenvalue weighted by Gasteiger charge is -2.25. The van der Waals surface area contributed by atoms with Crippen LogP contribution in [0.4, 0.5) is 5.13 Å². The maximum absolute atomic E-state index is 13.0. The van der Waals surface area contributed by atoms with Crippen LogP contribution in [-0.4, -0.2) is 35.4 Å². The van der Waals surface area contributed by atoms with Crippen LogP contribution in [0.2, 0.25) is 0 Å². The molecule has 30 heavy (non-hydrogen) atoms. The number of carbonyl (C=O) groups is 2. The van der Waals surface area contributed by atoms with Gasteiger partial charge in [0.15, 0.2) is 5.13 Å². The summed E-state index contributed by atoms with van der Waals surface area (Å²) in [4.78, 5) is 31.6. The minimum absolute atomic E-state index is 0.0477. The van der Waals surface area contributed by atoms with Crippen LogP contribution in [0.25, 0.3) is 0 Å². The number of nitrogens with zero attached hydrogens (tertiary/aromatic N) is 2. The SMILES string of the molecule is COc1cccc(C2CCCN2C(=O)Cc2csc(NC(=O)c3ccccc3)n2)c1. The Morgan fingerprint density at radius 1 is 1.20 bits per heavy atom. The van der Waals surface area contributed by atoms with Crippen molar-refractivity contribution in [1.29, 1.82) is 0 Å². The van der Waals surface area contributed by atoms with E-state index in [9.17, 15) is 9.59 Å². The van der Waals surface area contributed by atoms with Crippen LogP contribution >= 0.6 is 11.3 Å². The maximum Gasteiger partial charge on any atom is 0.257 e. The molecule has 7 heteroatoms. The van der Waals surface area contributed by atoms with Gasteiger partial charge in [-0.1, -0.05) is 30.3 Å². The van der Waals surface area contributed by atoms with Gasteiger partial charge in [0.2, 0.25) is 5.91 Å². The number of anilines is 1. The number of thiazole rings is 1. The summed E-state index contributed by atoms with van der Waals surface area (Å²) in [7, 11) is 1.65. The molecule has 0 bridgehead atoms. The molecule has 3 aromatic rings. The van der Waals surface area contributed by atoms with Gasteiger partial charge in [-0.25, -0.2) is 4.98 Å². The van der Waals surface area contributed by atoms with Gasteiger partial charge >= 0.3 is 0 Å². The number of rotatable bonds is 6. The van der Waals surface area contributed by atoms with Gasteiger partial charge in [-0.2, -0.15) is 0 Å². The Labute approximate surface area is 179 Å². The number of methoxy groups -OCH3 is 1. The van der Waals surface area contributed by atoms with Crippen molar-refractivity contribution in [3.63, 3.8) is 0 Å². The van der Waals surface area contributed by atoms with Crippen molar-refractivity contribution in [1.82, 2.24) is 9.88 Å². The molecule has 6 nitrogen and oxygen atoms in total. The first-order valence-corrected chi connectivity index (χ1v) is 10.8. The van der Waals surface area contributed by atoms with Crippen molar-refractivity contribution >= 4 is 28.3 Å². The number of benzene rings is 2. The molecule has 1 atom stereocenters. The number of nitrogens with one attached hydrogen (secondary N) is 1. The van der Waals surface area contributed by atoms with E-state index in [0.29, 0.717) is 16.4 Å². The molecule has 2 aromatic carbocycles. The average Bonchev–Trinajstić information content (AvgIpc) is 3.44. The van der Waals surface area contributed by atoms with Crippen molar-refractivity contribution in [2.75, 3.05) is 19.0 Å². The topological polar surface area (TPSA) is 71.5 Å². The second-order valence-electron chi connectivity index (χ2n) is 7.16. The Morgan fingerprint density at radius 3 is 2.83 bits per heavy atom. The summed E-state index contributed by atoms with van der Waals surface area (Å²) in [6.07, 6.45) is 2.13. The number of aromatic nitrogens is 1. The Hall–Kier alpha value is -3.19. The number of amides is 2. The normalized spacial score (nSPS) is 15.8. The predicted molar refractivity (Wildman–Crippen MR) is 117 cm³/mol. The number of hydrogen-bond acceptors (Lipinski definition) is 5. The number of likely N-dealkylation sites (tertiary alicyclic amines) is 1. The molecule has 0 aliphatic carbocycles. The van der Waals surface area contributed by atoms with E-state index in [4.69, 9.17) is 4.74 Å². The van der Waals surface area contributed by atoms with E-state index in [-0.39, 0.29) is 24.3 Å². The van der Waals surface area contributed by atoms with Crippen LogP contribution in [0.5, 0.6) is 5.75 Å². The highest BCUT2D eigenvalue weighted by molar-refractivity contribution is 7.14. The lowest BCUT2D eigenvalue weighted by molar-refractivity contribution is -0.131. The molecular weight excluding hydrogens is 398 g/mol. The van der Waals surface area contributed by atoms with Crippen LogP contribution in [-0.2, 0) is 11.2 Å². The Balaban J connectivity index is 1.40. The predicted octanol–water partition coefficient (Wildman–Crippen LogP) is 4.31. The first-order chi connectivity index (χ1) is 14.6. The van der Waals surface area contributed by atoms with Crippen molar-refractivity contribution in [3.05, 3.63) is 76.8 Å². The summed E-state index contributed by atoms with van der Waals surface area (Å²) in [5.74, 6) is 0.636. The molecule has 154 valence electrons. The fourth-order valence-electron chi connectivity index (χ4n) is 3.72. The highest BCUT2D eigenvalue weighted by atomic mass is 32.1. The molecule has 0 radical (unpaired) electrons. The lowest BCUT2D eigenvalue weighted by atomic mass is 10.0. The van der Waals surface area contributed by atoms with Crippen LogP contribution in [0.15, 0.2) is 60.0 Å². The summed E-state index contributed by atoms with van der Waals surface area (Å²) in [5.41, 5.74) is 2.34. The number of carbonyl (C=O) groups excluding carboxylic acids is 2. The molecule has 2 heterocycles. The molecule has 2 amide bonds. The summed E-state index contributed by atoms with van der Waals surface area (Å²) in [5, 5.41) is 5.12. The molecule has 1 aliphatic heterocycles. The zero-order valence-corrected chi connectivity index (χ0v) is 17.5. The molecule has 0 spiro atoms. The van der Waals surface area contributed by atoms with Crippen molar-refractivity contribution in [2.45, 2.75) is 25.3 Å². The summed E-state index contributed by atoms with van der Waals surface area (Å²) >= 11 is 1.33. The number of hydrogen-bond donors (Lipinski definition) is 1. The summed E-state index contributed by atoms with van der Waals surface area (Å²) < 4.78 is 5.33.